The van der Waals surface area contributed by atoms with Crippen molar-refractivity contribution in [3.05, 3.63) is 170 Å². The molecule has 9 aromatic rings. The Morgan fingerprint density at radius 1 is 0.318 bits per heavy atom. The van der Waals surface area contributed by atoms with E-state index in [2.05, 4.69) is 179 Å². The van der Waals surface area contributed by atoms with Crippen molar-refractivity contribution in [1.29, 1.82) is 0 Å². The van der Waals surface area contributed by atoms with Gasteiger partial charge in [-0.15, -0.1) is 0 Å². The highest BCUT2D eigenvalue weighted by Crippen LogP contribution is 2.47. The molecule has 0 aliphatic carbocycles. The van der Waals surface area contributed by atoms with Crippen molar-refractivity contribution < 1.29 is 0 Å². The molecule has 0 saturated carbocycles. The van der Waals surface area contributed by atoms with Crippen molar-refractivity contribution in [2.24, 2.45) is 0 Å². The van der Waals surface area contributed by atoms with E-state index in [4.69, 9.17) is 0 Å². The van der Waals surface area contributed by atoms with Crippen LogP contribution in [0.5, 0.6) is 0 Å². The van der Waals surface area contributed by atoms with E-state index in [1.807, 2.05) is 0 Å². The molecule has 0 spiro atoms. The maximum Gasteiger partial charge on any atom is 0.0619 e. The lowest BCUT2D eigenvalue weighted by Crippen LogP contribution is -1.97. The van der Waals surface area contributed by atoms with Gasteiger partial charge in [0.15, 0.2) is 0 Å². The van der Waals surface area contributed by atoms with Crippen molar-refractivity contribution in [2.75, 3.05) is 0 Å². The third-order valence-corrected chi connectivity index (χ3v) is 8.92. The van der Waals surface area contributed by atoms with Crippen molar-refractivity contribution in [3.63, 3.8) is 0 Å². The predicted molar refractivity (Wildman–Crippen MR) is 186 cm³/mol. The van der Waals surface area contributed by atoms with E-state index in [-0.39, 0.29) is 0 Å². The number of para-hydroxylation sites is 5. The zero-order valence-corrected chi connectivity index (χ0v) is 24.1. The summed E-state index contributed by atoms with van der Waals surface area (Å²) in [7, 11) is 0. The first-order valence-corrected chi connectivity index (χ1v) is 15.1. The highest BCUT2D eigenvalue weighted by Gasteiger charge is 2.23. The summed E-state index contributed by atoms with van der Waals surface area (Å²) in [5.74, 6) is 0. The molecule has 2 nitrogen and oxygen atoms in total. The molecular formula is C42H28N2. The molecule has 0 radical (unpaired) electrons. The van der Waals surface area contributed by atoms with Gasteiger partial charge < -0.3 is 9.13 Å². The Morgan fingerprint density at radius 2 is 0.864 bits per heavy atom. The van der Waals surface area contributed by atoms with Crippen molar-refractivity contribution in [3.8, 4) is 33.6 Å². The SMILES string of the molecule is c1ccc(-c2ccc3c(c2-c2cccc4c5ccccc5n(-c5ccccc5)c24)c2ccccc2n3-c2ccccc2)cc1. The largest absolute Gasteiger partial charge is 0.309 e. The lowest BCUT2D eigenvalue weighted by Gasteiger charge is -2.17. The Hall–Kier alpha value is -5.86. The van der Waals surface area contributed by atoms with Crippen LogP contribution < -0.4 is 0 Å². The molecule has 0 aliphatic heterocycles. The van der Waals surface area contributed by atoms with E-state index in [0.29, 0.717) is 0 Å². The van der Waals surface area contributed by atoms with Crippen LogP contribution in [-0.2, 0) is 0 Å². The first-order valence-electron chi connectivity index (χ1n) is 15.1. The Kier molecular flexibility index (Phi) is 5.54. The monoisotopic (exact) mass is 560 g/mol. The highest BCUT2D eigenvalue weighted by molar-refractivity contribution is 6.23. The van der Waals surface area contributed by atoms with Crippen LogP contribution in [0.2, 0.25) is 0 Å². The van der Waals surface area contributed by atoms with Crippen LogP contribution in [0.25, 0.3) is 77.2 Å². The topological polar surface area (TPSA) is 9.86 Å². The molecule has 206 valence electrons. The van der Waals surface area contributed by atoms with E-state index in [1.54, 1.807) is 0 Å². The van der Waals surface area contributed by atoms with E-state index in [1.165, 1.54) is 65.9 Å². The molecule has 0 unspecified atom stereocenters. The normalized spacial score (nSPS) is 11.6. The maximum absolute atomic E-state index is 2.45. The zero-order chi connectivity index (χ0) is 29.0. The van der Waals surface area contributed by atoms with Gasteiger partial charge in [-0.1, -0.05) is 127 Å². The maximum atomic E-state index is 2.45. The molecule has 0 amide bonds. The van der Waals surface area contributed by atoms with Crippen LogP contribution in [0.15, 0.2) is 170 Å². The number of benzene rings is 7. The van der Waals surface area contributed by atoms with Crippen LogP contribution in [-0.4, -0.2) is 9.13 Å². The molecule has 2 heteroatoms. The molecule has 9 rings (SSSR count). The smallest absolute Gasteiger partial charge is 0.0619 e. The predicted octanol–water partition coefficient (Wildman–Crippen LogP) is 11.2. The molecule has 44 heavy (non-hydrogen) atoms. The van der Waals surface area contributed by atoms with Gasteiger partial charge in [-0.05, 0) is 53.6 Å². The first kappa shape index (κ1) is 24.7. The fraction of sp³-hybridized carbons (Fsp3) is 0. The second-order valence-corrected chi connectivity index (χ2v) is 11.3. The summed E-state index contributed by atoms with van der Waals surface area (Å²) in [5.41, 5.74) is 12.1. The molecule has 2 aromatic heterocycles. The number of nitrogens with zero attached hydrogens (tertiary/aromatic N) is 2. The van der Waals surface area contributed by atoms with Gasteiger partial charge in [0.2, 0.25) is 0 Å². The molecular weight excluding hydrogens is 532 g/mol. The summed E-state index contributed by atoms with van der Waals surface area (Å²) in [4.78, 5) is 0. The van der Waals surface area contributed by atoms with Gasteiger partial charge in [-0.3, -0.25) is 0 Å². The standard InChI is InChI=1S/C42H28N2/c1-4-15-29(16-5-1)32-27-28-39-41(35-22-11-13-26-38(35)43(39)30-17-6-2-7-18-30)40(32)36-24-14-23-34-33-21-10-12-25-37(33)44(42(34)36)31-19-8-3-9-20-31/h1-28H. The summed E-state index contributed by atoms with van der Waals surface area (Å²) in [6, 6.07) is 61.4. The number of aromatic nitrogens is 2. The molecule has 0 saturated heterocycles. The summed E-state index contributed by atoms with van der Waals surface area (Å²) in [6.45, 7) is 0. The number of hydrogen-bond donors (Lipinski definition) is 0. The highest BCUT2D eigenvalue weighted by atomic mass is 15.0. The summed E-state index contributed by atoms with van der Waals surface area (Å²) >= 11 is 0. The van der Waals surface area contributed by atoms with Gasteiger partial charge in [0.25, 0.3) is 0 Å². The third-order valence-electron chi connectivity index (χ3n) is 8.92. The minimum absolute atomic E-state index is 1.16. The number of hydrogen-bond acceptors (Lipinski definition) is 0. The minimum atomic E-state index is 1.16. The molecule has 0 aliphatic rings. The van der Waals surface area contributed by atoms with Gasteiger partial charge in [0.05, 0.1) is 22.1 Å². The van der Waals surface area contributed by atoms with Crippen LogP contribution in [0.4, 0.5) is 0 Å². The Labute approximate surface area is 255 Å². The molecule has 2 heterocycles. The Balaban J connectivity index is 1.52. The van der Waals surface area contributed by atoms with Crippen LogP contribution >= 0.6 is 0 Å². The summed E-state index contributed by atoms with van der Waals surface area (Å²) in [6.07, 6.45) is 0. The fourth-order valence-corrected chi connectivity index (χ4v) is 7.12. The molecule has 0 N–H and O–H groups in total. The van der Waals surface area contributed by atoms with Crippen LogP contribution in [0, 0.1) is 0 Å². The molecule has 7 aromatic carbocycles. The van der Waals surface area contributed by atoms with Crippen LogP contribution in [0.3, 0.4) is 0 Å². The third kappa shape index (κ3) is 3.61. The van der Waals surface area contributed by atoms with E-state index < -0.39 is 0 Å². The van der Waals surface area contributed by atoms with Gasteiger partial charge in [-0.25, -0.2) is 0 Å². The lowest BCUT2D eigenvalue weighted by atomic mass is 9.89. The average molecular weight is 561 g/mol. The summed E-state index contributed by atoms with van der Waals surface area (Å²) < 4.78 is 4.86. The molecule has 0 bridgehead atoms. The zero-order valence-electron chi connectivity index (χ0n) is 24.1. The molecule has 0 atom stereocenters. The van der Waals surface area contributed by atoms with Gasteiger partial charge in [0.1, 0.15) is 0 Å². The molecule has 0 fully saturated rings. The van der Waals surface area contributed by atoms with Gasteiger partial charge >= 0.3 is 0 Å². The van der Waals surface area contributed by atoms with E-state index in [9.17, 15) is 0 Å². The van der Waals surface area contributed by atoms with E-state index in [0.717, 1.165) is 11.4 Å². The average Bonchev–Trinajstić information content (AvgIpc) is 3.62. The Bertz CT molecular complexity index is 2470. The van der Waals surface area contributed by atoms with Gasteiger partial charge in [0, 0.05) is 44.0 Å². The van der Waals surface area contributed by atoms with Crippen molar-refractivity contribution in [1.82, 2.24) is 9.13 Å². The minimum Gasteiger partial charge on any atom is -0.309 e. The second-order valence-electron chi connectivity index (χ2n) is 11.3. The van der Waals surface area contributed by atoms with E-state index >= 15 is 0 Å². The van der Waals surface area contributed by atoms with Crippen molar-refractivity contribution >= 4 is 43.6 Å². The second kappa shape index (κ2) is 9.86. The quantitative estimate of drug-likeness (QED) is 0.203. The number of fused-ring (bicyclic) bond motifs is 6. The number of rotatable bonds is 4. The first-order chi connectivity index (χ1) is 21.9. The lowest BCUT2D eigenvalue weighted by molar-refractivity contribution is 1.18. The van der Waals surface area contributed by atoms with Crippen LogP contribution in [0.1, 0.15) is 0 Å². The van der Waals surface area contributed by atoms with Gasteiger partial charge in [-0.2, -0.15) is 0 Å². The van der Waals surface area contributed by atoms with Crippen molar-refractivity contribution in [2.45, 2.75) is 0 Å². The summed E-state index contributed by atoms with van der Waals surface area (Å²) in [5, 5.41) is 5.03. The fourth-order valence-electron chi connectivity index (χ4n) is 7.12. The Morgan fingerprint density at radius 3 is 1.57 bits per heavy atom.